The van der Waals surface area contributed by atoms with Crippen LogP contribution >= 0.6 is 0 Å². The van der Waals surface area contributed by atoms with Crippen molar-refractivity contribution in [2.24, 2.45) is 0 Å². The van der Waals surface area contributed by atoms with E-state index in [2.05, 4.69) is 0 Å². The lowest BCUT2D eigenvalue weighted by Gasteiger charge is -2.19. The van der Waals surface area contributed by atoms with E-state index in [1.807, 2.05) is 6.92 Å². The monoisotopic (exact) mass is 335 g/mol. The van der Waals surface area contributed by atoms with Crippen molar-refractivity contribution in [3.8, 4) is 11.5 Å². The molecule has 0 aliphatic rings. The molecule has 0 spiro atoms. The van der Waals surface area contributed by atoms with Gasteiger partial charge in [0.15, 0.2) is 0 Å². The molecule has 5 nitrogen and oxygen atoms in total. The van der Waals surface area contributed by atoms with Gasteiger partial charge in [-0.05, 0) is 37.3 Å². The molecule has 0 unspecified atom stereocenters. The minimum Gasteiger partial charge on any atom is -0.497 e. The number of methoxy groups -OCH3 is 2. The molecule has 0 bridgehead atoms. The van der Waals surface area contributed by atoms with Crippen molar-refractivity contribution in [3.63, 3.8) is 0 Å². The Balaban J connectivity index is 2.30. The largest absolute Gasteiger partial charge is 0.497 e. The van der Waals surface area contributed by atoms with Crippen molar-refractivity contribution >= 4 is 10.0 Å². The maximum absolute atomic E-state index is 12.7. The third-order valence-corrected chi connectivity index (χ3v) is 5.43. The third kappa shape index (κ3) is 3.83. The van der Waals surface area contributed by atoms with Crippen LogP contribution in [0, 0.1) is 6.92 Å². The minimum absolute atomic E-state index is 0.191. The standard InChI is InChI=1S/C17H21NO4S/c1-13-5-8-16(9-6-13)23(19,20)18(2)12-14-11-15(21-3)7-10-17(14)22-4/h5-11H,12H2,1-4H3. The zero-order valence-electron chi connectivity index (χ0n) is 13.7. The molecule has 0 N–H and O–H groups in total. The molecule has 6 heteroatoms. The lowest BCUT2D eigenvalue weighted by molar-refractivity contribution is 0.389. The Labute approximate surface area is 137 Å². The Morgan fingerprint density at radius 1 is 1.00 bits per heavy atom. The average molecular weight is 335 g/mol. The highest BCUT2D eigenvalue weighted by atomic mass is 32.2. The second kappa shape index (κ2) is 7.02. The first kappa shape index (κ1) is 17.3. The van der Waals surface area contributed by atoms with E-state index in [0.717, 1.165) is 11.1 Å². The zero-order chi connectivity index (χ0) is 17.0. The van der Waals surface area contributed by atoms with E-state index in [1.165, 1.54) is 4.31 Å². The number of aryl methyl sites for hydroxylation is 1. The van der Waals surface area contributed by atoms with Crippen LogP contribution in [0.3, 0.4) is 0 Å². The van der Waals surface area contributed by atoms with Gasteiger partial charge in [-0.15, -0.1) is 0 Å². The summed E-state index contributed by atoms with van der Waals surface area (Å²) >= 11 is 0. The van der Waals surface area contributed by atoms with Crippen molar-refractivity contribution in [1.82, 2.24) is 4.31 Å². The number of hydrogen-bond acceptors (Lipinski definition) is 4. The maximum Gasteiger partial charge on any atom is 0.243 e. The summed E-state index contributed by atoms with van der Waals surface area (Å²) < 4.78 is 37.1. The van der Waals surface area contributed by atoms with E-state index in [0.29, 0.717) is 11.5 Å². The first-order valence-electron chi connectivity index (χ1n) is 7.12. The van der Waals surface area contributed by atoms with Crippen molar-refractivity contribution < 1.29 is 17.9 Å². The van der Waals surface area contributed by atoms with Gasteiger partial charge in [-0.25, -0.2) is 8.42 Å². The fourth-order valence-corrected chi connectivity index (χ4v) is 3.37. The van der Waals surface area contributed by atoms with Gasteiger partial charge in [0.1, 0.15) is 11.5 Å². The van der Waals surface area contributed by atoms with Crippen LogP contribution < -0.4 is 9.47 Å². The van der Waals surface area contributed by atoms with Gasteiger partial charge in [0.2, 0.25) is 10.0 Å². The van der Waals surface area contributed by atoms with Gasteiger partial charge in [0.05, 0.1) is 19.1 Å². The molecule has 2 rings (SSSR count). The summed E-state index contributed by atoms with van der Waals surface area (Å²) in [7, 11) is 1.11. The Morgan fingerprint density at radius 2 is 1.65 bits per heavy atom. The molecular weight excluding hydrogens is 314 g/mol. The predicted molar refractivity (Wildman–Crippen MR) is 89.4 cm³/mol. The van der Waals surface area contributed by atoms with Crippen molar-refractivity contribution in [2.75, 3.05) is 21.3 Å². The molecule has 0 saturated heterocycles. The molecule has 124 valence electrons. The smallest absolute Gasteiger partial charge is 0.243 e. The van der Waals surface area contributed by atoms with Crippen molar-refractivity contribution in [2.45, 2.75) is 18.4 Å². The van der Waals surface area contributed by atoms with Crippen LogP contribution in [0.5, 0.6) is 11.5 Å². The molecular formula is C17H21NO4S. The van der Waals surface area contributed by atoms with Crippen LogP contribution in [0.25, 0.3) is 0 Å². The predicted octanol–water partition coefficient (Wildman–Crippen LogP) is 2.83. The average Bonchev–Trinajstić information content (AvgIpc) is 2.55. The van der Waals surface area contributed by atoms with Gasteiger partial charge >= 0.3 is 0 Å². The van der Waals surface area contributed by atoms with Gasteiger partial charge in [-0.2, -0.15) is 4.31 Å². The molecule has 2 aromatic rings. The highest BCUT2D eigenvalue weighted by molar-refractivity contribution is 7.89. The van der Waals surface area contributed by atoms with Gasteiger partial charge in [0.25, 0.3) is 0 Å². The second-order valence-corrected chi connectivity index (χ2v) is 7.30. The van der Waals surface area contributed by atoms with Gasteiger partial charge in [-0.1, -0.05) is 17.7 Å². The quantitative estimate of drug-likeness (QED) is 0.814. The van der Waals surface area contributed by atoms with E-state index in [1.54, 1.807) is 63.7 Å². The lowest BCUT2D eigenvalue weighted by atomic mass is 10.2. The summed E-state index contributed by atoms with van der Waals surface area (Å²) in [5, 5.41) is 0. The van der Waals surface area contributed by atoms with Crippen LogP contribution in [-0.4, -0.2) is 34.0 Å². The van der Waals surface area contributed by atoms with E-state index >= 15 is 0 Å². The summed E-state index contributed by atoms with van der Waals surface area (Å²) in [6, 6.07) is 12.1. The molecule has 0 aliphatic heterocycles. The number of benzene rings is 2. The highest BCUT2D eigenvalue weighted by Crippen LogP contribution is 2.26. The summed E-state index contributed by atoms with van der Waals surface area (Å²) in [4.78, 5) is 0.271. The number of sulfonamides is 1. The third-order valence-electron chi connectivity index (χ3n) is 3.61. The normalized spacial score (nSPS) is 11.5. The molecule has 23 heavy (non-hydrogen) atoms. The van der Waals surface area contributed by atoms with Crippen LogP contribution in [0.15, 0.2) is 47.4 Å². The Bertz CT molecular complexity index is 770. The molecule has 0 fully saturated rings. The Morgan fingerprint density at radius 3 is 2.22 bits per heavy atom. The number of hydrogen-bond donors (Lipinski definition) is 0. The van der Waals surface area contributed by atoms with Crippen LogP contribution in [-0.2, 0) is 16.6 Å². The lowest BCUT2D eigenvalue weighted by Crippen LogP contribution is -2.26. The maximum atomic E-state index is 12.7. The van der Waals surface area contributed by atoms with E-state index in [-0.39, 0.29) is 11.4 Å². The Kier molecular flexibility index (Phi) is 5.28. The molecule has 0 amide bonds. The molecule has 0 heterocycles. The molecule has 0 radical (unpaired) electrons. The molecule has 2 aromatic carbocycles. The Hall–Kier alpha value is -2.05. The summed E-state index contributed by atoms with van der Waals surface area (Å²) in [6.07, 6.45) is 0. The van der Waals surface area contributed by atoms with E-state index < -0.39 is 10.0 Å². The fourth-order valence-electron chi connectivity index (χ4n) is 2.22. The van der Waals surface area contributed by atoms with Crippen molar-refractivity contribution in [1.29, 1.82) is 0 Å². The SMILES string of the molecule is COc1ccc(OC)c(CN(C)S(=O)(=O)c2ccc(C)cc2)c1. The number of nitrogens with zero attached hydrogens (tertiary/aromatic N) is 1. The first-order chi connectivity index (χ1) is 10.9. The highest BCUT2D eigenvalue weighted by Gasteiger charge is 2.22. The van der Waals surface area contributed by atoms with Gasteiger partial charge in [-0.3, -0.25) is 0 Å². The summed E-state index contributed by atoms with van der Waals surface area (Å²) in [6.45, 7) is 2.11. The number of ether oxygens (including phenoxy) is 2. The van der Waals surface area contributed by atoms with Crippen LogP contribution in [0.1, 0.15) is 11.1 Å². The van der Waals surface area contributed by atoms with Crippen LogP contribution in [0.4, 0.5) is 0 Å². The van der Waals surface area contributed by atoms with Crippen molar-refractivity contribution in [3.05, 3.63) is 53.6 Å². The topological polar surface area (TPSA) is 55.8 Å². The van der Waals surface area contributed by atoms with E-state index in [9.17, 15) is 8.42 Å². The summed E-state index contributed by atoms with van der Waals surface area (Å²) in [5.74, 6) is 1.28. The molecule has 0 saturated carbocycles. The summed E-state index contributed by atoms with van der Waals surface area (Å²) in [5.41, 5.74) is 1.76. The molecule has 0 aromatic heterocycles. The minimum atomic E-state index is -3.56. The zero-order valence-corrected chi connectivity index (χ0v) is 14.6. The fraction of sp³-hybridized carbons (Fsp3) is 0.294. The first-order valence-corrected chi connectivity index (χ1v) is 8.56. The molecule has 0 atom stereocenters. The second-order valence-electron chi connectivity index (χ2n) is 5.25. The van der Waals surface area contributed by atoms with E-state index in [4.69, 9.17) is 9.47 Å². The molecule has 0 aliphatic carbocycles. The van der Waals surface area contributed by atoms with Crippen LogP contribution in [0.2, 0.25) is 0 Å². The van der Waals surface area contributed by atoms with Gasteiger partial charge in [0, 0.05) is 19.2 Å². The number of rotatable bonds is 6. The van der Waals surface area contributed by atoms with Gasteiger partial charge < -0.3 is 9.47 Å².